The fourth-order valence-corrected chi connectivity index (χ4v) is 3.85. The number of H-pyrrole nitrogens is 1. The van der Waals surface area contributed by atoms with Crippen LogP contribution in [0.25, 0.3) is 11.0 Å². The van der Waals surface area contributed by atoms with Gasteiger partial charge in [-0.3, -0.25) is 0 Å². The Morgan fingerprint density at radius 1 is 1.23 bits per heavy atom. The molecule has 0 aliphatic rings. The fourth-order valence-electron chi connectivity index (χ4n) is 2.78. The molecule has 3 atom stereocenters. The first kappa shape index (κ1) is 18.7. The van der Waals surface area contributed by atoms with E-state index in [1.807, 2.05) is 6.92 Å². The molecule has 0 aliphatic heterocycles. The van der Waals surface area contributed by atoms with E-state index in [-0.39, 0.29) is 6.04 Å². The maximum Gasteiger partial charge on any atom is 0.151 e. The third-order valence-electron chi connectivity index (χ3n) is 4.40. The van der Waals surface area contributed by atoms with Crippen LogP contribution in [0.15, 0.2) is 41.7 Å². The highest BCUT2D eigenvalue weighted by molar-refractivity contribution is 7.99. The van der Waals surface area contributed by atoms with Crippen molar-refractivity contribution in [2.45, 2.75) is 30.1 Å². The number of nitrogens with zero attached hydrogens (tertiary/aromatic N) is 2. The Morgan fingerprint density at radius 3 is 2.65 bits per heavy atom. The van der Waals surface area contributed by atoms with Gasteiger partial charge in [0.1, 0.15) is 24.1 Å². The van der Waals surface area contributed by atoms with Gasteiger partial charge in [0.15, 0.2) is 5.82 Å². The number of aliphatic hydroxyl groups is 2. The Hall–Kier alpha value is -2.13. The number of aromatic amines is 1. The number of hydrogen-bond donors (Lipinski definition) is 5. The lowest BCUT2D eigenvalue weighted by atomic mass is 10.0. The molecule has 138 valence electrons. The number of fused-ring (bicyclic) bond motifs is 1. The van der Waals surface area contributed by atoms with Gasteiger partial charge in [-0.15, -0.1) is 11.8 Å². The molecule has 0 amide bonds. The van der Waals surface area contributed by atoms with Crippen LogP contribution < -0.4 is 11.1 Å². The number of nitrogens with one attached hydrogen (secondary N) is 2. The highest BCUT2D eigenvalue weighted by atomic mass is 32.2. The van der Waals surface area contributed by atoms with Crippen molar-refractivity contribution in [2.75, 3.05) is 18.5 Å². The number of thioether (sulfide) groups is 1. The smallest absolute Gasteiger partial charge is 0.151 e. The zero-order valence-electron chi connectivity index (χ0n) is 14.7. The molecule has 0 saturated carbocycles. The summed E-state index contributed by atoms with van der Waals surface area (Å²) in [4.78, 5) is 12.2. The van der Waals surface area contributed by atoms with Crippen molar-refractivity contribution in [1.82, 2.24) is 20.3 Å². The largest absolute Gasteiger partial charge is 0.388 e. The minimum atomic E-state index is -1.10. The first-order chi connectivity index (χ1) is 12.5. The van der Waals surface area contributed by atoms with Crippen molar-refractivity contribution in [3.8, 4) is 0 Å². The molecule has 0 bridgehead atoms. The summed E-state index contributed by atoms with van der Waals surface area (Å²) < 4.78 is 0. The summed E-state index contributed by atoms with van der Waals surface area (Å²) in [6, 6.07) is 7.90. The van der Waals surface area contributed by atoms with E-state index in [0.717, 1.165) is 4.90 Å². The topological polar surface area (TPSA) is 120 Å². The number of aromatic nitrogens is 3. The molecule has 2 heterocycles. The quantitative estimate of drug-likeness (QED) is 0.399. The van der Waals surface area contributed by atoms with Crippen molar-refractivity contribution in [3.63, 3.8) is 0 Å². The third-order valence-corrected chi connectivity index (χ3v) is 5.53. The zero-order valence-corrected chi connectivity index (χ0v) is 15.5. The van der Waals surface area contributed by atoms with Gasteiger partial charge in [-0.2, -0.15) is 0 Å². The van der Waals surface area contributed by atoms with Crippen molar-refractivity contribution < 1.29 is 10.2 Å². The monoisotopic (exact) mass is 373 g/mol. The molecule has 3 unspecified atom stereocenters. The van der Waals surface area contributed by atoms with E-state index in [9.17, 15) is 10.2 Å². The van der Waals surface area contributed by atoms with E-state index in [1.165, 1.54) is 11.9 Å². The SMILES string of the molecule is CNC(CSc1ccc(C)cc1)C(O)C(O)c1c[nH]c2c(N)ncnc12. The second kappa shape index (κ2) is 8.05. The fraction of sp³-hybridized carbons (Fsp3) is 0.333. The van der Waals surface area contributed by atoms with Gasteiger partial charge < -0.3 is 26.2 Å². The molecule has 3 aromatic rings. The van der Waals surface area contributed by atoms with Gasteiger partial charge in [0.25, 0.3) is 0 Å². The van der Waals surface area contributed by atoms with Gasteiger partial charge in [0.05, 0.1) is 5.52 Å². The van der Waals surface area contributed by atoms with Crippen LogP contribution in [0.5, 0.6) is 0 Å². The van der Waals surface area contributed by atoms with Gasteiger partial charge in [0, 0.05) is 28.5 Å². The summed E-state index contributed by atoms with van der Waals surface area (Å²) in [5.74, 6) is 0.917. The van der Waals surface area contributed by atoms with Crippen molar-refractivity contribution >= 4 is 28.6 Å². The van der Waals surface area contributed by atoms with Gasteiger partial charge in [-0.25, -0.2) is 9.97 Å². The average Bonchev–Trinajstić information content (AvgIpc) is 3.08. The number of likely N-dealkylation sites (N-methyl/N-ethyl adjacent to an activating group) is 1. The maximum absolute atomic E-state index is 10.7. The number of nitrogens with two attached hydrogens (primary N) is 1. The zero-order chi connectivity index (χ0) is 18.7. The molecule has 0 aliphatic carbocycles. The number of hydrogen-bond acceptors (Lipinski definition) is 7. The lowest BCUT2D eigenvalue weighted by molar-refractivity contribution is 0.00180. The van der Waals surface area contributed by atoms with Gasteiger partial charge in [-0.1, -0.05) is 17.7 Å². The van der Waals surface area contributed by atoms with Crippen LogP contribution in [0.3, 0.4) is 0 Å². The van der Waals surface area contributed by atoms with Gasteiger partial charge in [-0.05, 0) is 26.1 Å². The molecule has 1 aromatic carbocycles. The van der Waals surface area contributed by atoms with Gasteiger partial charge in [0.2, 0.25) is 0 Å². The minimum absolute atomic E-state index is 0.305. The van der Waals surface area contributed by atoms with Crippen LogP contribution in [0, 0.1) is 6.92 Å². The molecule has 0 spiro atoms. The predicted molar refractivity (Wildman–Crippen MR) is 104 cm³/mol. The Labute approximate surface area is 156 Å². The van der Waals surface area contributed by atoms with Crippen LogP contribution in [-0.4, -0.2) is 50.1 Å². The van der Waals surface area contributed by atoms with E-state index in [2.05, 4.69) is 44.5 Å². The highest BCUT2D eigenvalue weighted by Gasteiger charge is 2.29. The molecule has 8 heteroatoms. The van der Waals surface area contributed by atoms with Crippen molar-refractivity contribution in [3.05, 3.63) is 47.9 Å². The summed E-state index contributed by atoms with van der Waals surface area (Å²) in [5, 5.41) is 24.5. The molecular formula is C18H23N5O2S. The number of benzene rings is 1. The molecule has 0 saturated heterocycles. The number of rotatable bonds is 7. The lowest BCUT2D eigenvalue weighted by Crippen LogP contribution is -2.43. The van der Waals surface area contributed by atoms with E-state index in [4.69, 9.17) is 5.73 Å². The highest BCUT2D eigenvalue weighted by Crippen LogP contribution is 2.29. The average molecular weight is 373 g/mol. The Morgan fingerprint density at radius 2 is 1.96 bits per heavy atom. The molecule has 0 radical (unpaired) electrons. The Kier molecular flexibility index (Phi) is 5.77. The molecule has 0 fully saturated rings. The first-order valence-electron chi connectivity index (χ1n) is 8.31. The summed E-state index contributed by atoms with van der Waals surface area (Å²) in [6.45, 7) is 2.04. The van der Waals surface area contributed by atoms with Crippen LogP contribution in [0.1, 0.15) is 17.2 Å². The third kappa shape index (κ3) is 3.83. The van der Waals surface area contributed by atoms with Crippen molar-refractivity contribution in [2.24, 2.45) is 0 Å². The number of nitrogen functional groups attached to an aromatic ring is 1. The van der Waals surface area contributed by atoms with E-state index in [0.29, 0.717) is 28.2 Å². The summed E-state index contributed by atoms with van der Waals surface area (Å²) in [6.07, 6.45) is 0.850. The molecule has 2 aromatic heterocycles. The van der Waals surface area contributed by atoms with Crippen LogP contribution in [-0.2, 0) is 0 Å². The second-order valence-corrected chi connectivity index (χ2v) is 7.27. The van der Waals surface area contributed by atoms with E-state index < -0.39 is 12.2 Å². The lowest BCUT2D eigenvalue weighted by Gasteiger charge is -2.26. The minimum Gasteiger partial charge on any atom is -0.388 e. The van der Waals surface area contributed by atoms with Crippen LogP contribution in [0.4, 0.5) is 5.82 Å². The Bertz CT molecular complexity index is 868. The standard InChI is InChI=1S/C18H23N5O2S/c1-10-3-5-11(6-4-10)26-8-13(20-2)17(25)16(24)12-7-21-15-14(12)22-9-23-18(15)19/h3-7,9,13,16-17,20-21,24-25H,8H2,1-2H3,(H2,19,22,23). The van der Waals surface area contributed by atoms with Crippen LogP contribution in [0.2, 0.25) is 0 Å². The summed E-state index contributed by atoms with van der Waals surface area (Å²) in [5.41, 5.74) is 8.60. The second-order valence-electron chi connectivity index (χ2n) is 6.18. The van der Waals surface area contributed by atoms with Crippen LogP contribution >= 0.6 is 11.8 Å². The molecule has 6 N–H and O–H groups in total. The molecular weight excluding hydrogens is 350 g/mol. The summed E-state index contributed by atoms with van der Waals surface area (Å²) in [7, 11) is 1.77. The molecule has 3 rings (SSSR count). The molecule has 26 heavy (non-hydrogen) atoms. The number of aliphatic hydroxyl groups excluding tert-OH is 2. The molecule has 7 nitrogen and oxygen atoms in total. The summed E-state index contributed by atoms with van der Waals surface area (Å²) >= 11 is 1.62. The van der Waals surface area contributed by atoms with Crippen molar-refractivity contribution in [1.29, 1.82) is 0 Å². The van der Waals surface area contributed by atoms with E-state index in [1.54, 1.807) is 25.0 Å². The predicted octanol–water partition coefficient (Wildman–Crippen LogP) is 1.62. The first-order valence-corrected chi connectivity index (χ1v) is 9.30. The Balaban J connectivity index is 1.73. The van der Waals surface area contributed by atoms with Gasteiger partial charge >= 0.3 is 0 Å². The normalized spacial score (nSPS) is 15.1. The maximum atomic E-state index is 10.7. The number of anilines is 1. The van der Waals surface area contributed by atoms with E-state index >= 15 is 0 Å². The number of aryl methyl sites for hydroxylation is 1.